The van der Waals surface area contributed by atoms with Gasteiger partial charge in [-0.25, -0.2) is 0 Å². The first kappa shape index (κ1) is 13.9. The summed E-state index contributed by atoms with van der Waals surface area (Å²) in [7, 11) is 0. The SMILES string of the molecule is CC(C)(C)[C@@H]1C[C@H](CCl)N(Cc2ccccc2)C1. The molecule has 1 fully saturated rings. The van der Waals surface area contributed by atoms with Gasteiger partial charge in [0.25, 0.3) is 0 Å². The smallest absolute Gasteiger partial charge is 0.0379 e. The van der Waals surface area contributed by atoms with Crippen LogP contribution in [-0.4, -0.2) is 23.4 Å². The van der Waals surface area contributed by atoms with Crippen LogP contribution in [0.2, 0.25) is 0 Å². The van der Waals surface area contributed by atoms with E-state index in [1.807, 2.05) is 0 Å². The standard InChI is InChI=1S/C16H24ClN/c1-16(2,3)14-9-15(10-17)18(12-14)11-13-7-5-4-6-8-13/h4-8,14-15H,9-12H2,1-3H3/t14-,15-/m1/s1. The van der Waals surface area contributed by atoms with Crippen molar-refractivity contribution in [1.82, 2.24) is 4.90 Å². The summed E-state index contributed by atoms with van der Waals surface area (Å²) in [6, 6.07) is 11.2. The van der Waals surface area contributed by atoms with Crippen molar-refractivity contribution in [3.05, 3.63) is 35.9 Å². The van der Waals surface area contributed by atoms with E-state index in [-0.39, 0.29) is 0 Å². The van der Waals surface area contributed by atoms with Crippen molar-refractivity contribution < 1.29 is 0 Å². The Morgan fingerprint density at radius 1 is 1.22 bits per heavy atom. The Morgan fingerprint density at radius 2 is 1.89 bits per heavy atom. The lowest BCUT2D eigenvalue weighted by molar-refractivity contribution is 0.218. The summed E-state index contributed by atoms with van der Waals surface area (Å²) in [6.45, 7) is 9.24. The highest BCUT2D eigenvalue weighted by Gasteiger charge is 2.37. The van der Waals surface area contributed by atoms with Gasteiger partial charge >= 0.3 is 0 Å². The fraction of sp³-hybridized carbons (Fsp3) is 0.625. The number of nitrogens with zero attached hydrogens (tertiary/aromatic N) is 1. The van der Waals surface area contributed by atoms with Crippen LogP contribution < -0.4 is 0 Å². The summed E-state index contributed by atoms with van der Waals surface area (Å²) in [6.07, 6.45) is 1.24. The van der Waals surface area contributed by atoms with Crippen molar-refractivity contribution in [2.24, 2.45) is 11.3 Å². The van der Waals surface area contributed by atoms with E-state index in [4.69, 9.17) is 11.6 Å². The molecule has 0 aliphatic carbocycles. The van der Waals surface area contributed by atoms with Gasteiger partial charge in [-0.2, -0.15) is 0 Å². The van der Waals surface area contributed by atoms with Crippen molar-refractivity contribution in [1.29, 1.82) is 0 Å². The molecule has 2 heteroatoms. The fourth-order valence-corrected chi connectivity index (χ4v) is 3.10. The average molecular weight is 266 g/mol. The number of rotatable bonds is 3. The minimum atomic E-state index is 0.385. The second kappa shape index (κ2) is 5.63. The normalized spacial score (nSPS) is 25.6. The van der Waals surface area contributed by atoms with Crippen LogP contribution in [-0.2, 0) is 6.54 Å². The molecule has 2 atom stereocenters. The Balaban J connectivity index is 2.04. The molecule has 1 saturated heterocycles. The van der Waals surface area contributed by atoms with Crippen LogP contribution in [0.3, 0.4) is 0 Å². The molecule has 2 rings (SSSR count). The molecule has 1 heterocycles. The third kappa shape index (κ3) is 3.27. The van der Waals surface area contributed by atoms with E-state index in [9.17, 15) is 0 Å². The van der Waals surface area contributed by atoms with Gasteiger partial charge in [0.15, 0.2) is 0 Å². The molecule has 0 aromatic heterocycles. The Kier molecular flexibility index (Phi) is 4.34. The average Bonchev–Trinajstić information content (AvgIpc) is 2.73. The van der Waals surface area contributed by atoms with Gasteiger partial charge in [0.05, 0.1) is 0 Å². The van der Waals surface area contributed by atoms with Gasteiger partial charge in [0.2, 0.25) is 0 Å². The lowest BCUT2D eigenvalue weighted by atomic mass is 9.79. The van der Waals surface area contributed by atoms with Crippen LogP contribution >= 0.6 is 11.6 Å². The molecular weight excluding hydrogens is 242 g/mol. The third-order valence-corrected chi connectivity index (χ3v) is 4.52. The van der Waals surface area contributed by atoms with Gasteiger partial charge in [-0.05, 0) is 23.3 Å². The zero-order valence-corrected chi connectivity index (χ0v) is 12.5. The van der Waals surface area contributed by atoms with E-state index in [0.717, 1.165) is 18.3 Å². The second-order valence-corrected chi connectivity index (χ2v) is 6.83. The Morgan fingerprint density at radius 3 is 2.44 bits per heavy atom. The monoisotopic (exact) mass is 265 g/mol. The molecule has 0 amide bonds. The van der Waals surface area contributed by atoms with Gasteiger partial charge in [-0.3, -0.25) is 4.90 Å². The number of likely N-dealkylation sites (tertiary alicyclic amines) is 1. The molecule has 1 aromatic rings. The molecule has 1 aliphatic rings. The van der Waals surface area contributed by atoms with E-state index >= 15 is 0 Å². The molecule has 0 radical (unpaired) electrons. The van der Waals surface area contributed by atoms with E-state index in [0.29, 0.717) is 11.5 Å². The van der Waals surface area contributed by atoms with Gasteiger partial charge in [-0.1, -0.05) is 51.1 Å². The van der Waals surface area contributed by atoms with Gasteiger partial charge in [0.1, 0.15) is 0 Å². The van der Waals surface area contributed by atoms with Crippen LogP contribution in [0.5, 0.6) is 0 Å². The predicted octanol–water partition coefficient (Wildman–Crippen LogP) is 4.16. The number of halogens is 1. The van der Waals surface area contributed by atoms with Crippen molar-refractivity contribution in [2.75, 3.05) is 12.4 Å². The molecule has 100 valence electrons. The highest BCUT2D eigenvalue weighted by Crippen LogP contribution is 2.37. The molecule has 1 nitrogen and oxygen atoms in total. The van der Waals surface area contributed by atoms with Gasteiger partial charge in [0, 0.05) is 25.0 Å². The number of hydrogen-bond donors (Lipinski definition) is 0. The molecule has 18 heavy (non-hydrogen) atoms. The fourth-order valence-electron chi connectivity index (χ4n) is 2.78. The maximum Gasteiger partial charge on any atom is 0.0379 e. The molecular formula is C16H24ClN. The van der Waals surface area contributed by atoms with Crippen molar-refractivity contribution >= 4 is 11.6 Å². The summed E-state index contributed by atoms with van der Waals surface area (Å²) < 4.78 is 0. The van der Waals surface area contributed by atoms with Gasteiger partial charge < -0.3 is 0 Å². The van der Waals surface area contributed by atoms with E-state index < -0.39 is 0 Å². The zero-order valence-electron chi connectivity index (χ0n) is 11.7. The molecule has 0 N–H and O–H groups in total. The Hall–Kier alpha value is -0.530. The largest absolute Gasteiger partial charge is 0.295 e. The van der Waals surface area contributed by atoms with Crippen molar-refractivity contribution in [3.8, 4) is 0 Å². The number of hydrogen-bond acceptors (Lipinski definition) is 1. The molecule has 1 aliphatic heterocycles. The Bertz CT molecular complexity index is 368. The van der Waals surface area contributed by atoms with Crippen LogP contribution in [0.4, 0.5) is 0 Å². The van der Waals surface area contributed by atoms with Crippen LogP contribution in [0.25, 0.3) is 0 Å². The first-order valence-electron chi connectivity index (χ1n) is 6.84. The topological polar surface area (TPSA) is 3.24 Å². The molecule has 1 aromatic carbocycles. The van der Waals surface area contributed by atoms with Crippen LogP contribution in [0.15, 0.2) is 30.3 Å². The maximum absolute atomic E-state index is 6.14. The van der Waals surface area contributed by atoms with E-state index in [1.54, 1.807) is 0 Å². The molecule has 0 bridgehead atoms. The van der Waals surface area contributed by atoms with E-state index in [1.165, 1.54) is 18.5 Å². The highest BCUT2D eigenvalue weighted by atomic mass is 35.5. The molecule has 0 unspecified atom stereocenters. The zero-order chi connectivity index (χ0) is 13.2. The summed E-state index contributed by atoms with van der Waals surface area (Å²) >= 11 is 6.14. The summed E-state index contributed by atoms with van der Waals surface area (Å²) in [5.41, 5.74) is 1.78. The summed E-state index contributed by atoms with van der Waals surface area (Å²) in [4.78, 5) is 2.55. The minimum Gasteiger partial charge on any atom is -0.295 e. The third-order valence-electron chi connectivity index (χ3n) is 4.16. The lowest BCUT2D eigenvalue weighted by Gasteiger charge is -2.27. The maximum atomic E-state index is 6.14. The van der Waals surface area contributed by atoms with Crippen LogP contribution in [0.1, 0.15) is 32.8 Å². The minimum absolute atomic E-state index is 0.385. The number of alkyl halides is 1. The molecule has 0 saturated carbocycles. The first-order chi connectivity index (χ1) is 8.50. The number of benzene rings is 1. The van der Waals surface area contributed by atoms with Crippen molar-refractivity contribution in [3.63, 3.8) is 0 Å². The first-order valence-corrected chi connectivity index (χ1v) is 7.38. The van der Waals surface area contributed by atoms with Gasteiger partial charge in [-0.15, -0.1) is 11.6 Å². The predicted molar refractivity (Wildman–Crippen MR) is 78.9 cm³/mol. The summed E-state index contributed by atoms with van der Waals surface area (Å²) in [5, 5.41) is 0. The quantitative estimate of drug-likeness (QED) is 0.742. The van der Waals surface area contributed by atoms with Crippen LogP contribution in [0, 0.1) is 11.3 Å². The van der Waals surface area contributed by atoms with Crippen molar-refractivity contribution in [2.45, 2.75) is 39.8 Å². The summed E-state index contributed by atoms with van der Waals surface area (Å²) in [5.74, 6) is 1.50. The second-order valence-electron chi connectivity index (χ2n) is 6.52. The van der Waals surface area contributed by atoms with E-state index in [2.05, 4.69) is 56.0 Å². The molecule has 0 spiro atoms. The lowest BCUT2D eigenvalue weighted by Crippen LogP contribution is -2.30. The Labute approximate surface area is 116 Å². The highest BCUT2D eigenvalue weighted by molar-refractivity contribution is 6.18.